The molecule has 1 atom stereocenters. The zero-order valence-electron chi connectivity index (χ0n) is 14.7. The maximum atomic E-state index is 12.6. The maximum absolute atomic E-state index is 12.6. The van der Waals surface area contributed by atoms with Crippen LogP contribution in [0.3, 0.4) is 0 Å². The Morgan fingerprint density at radius 1 is 0.893 bits per heavy atom. The number of halogens is 3. The number of nitrogens with zero attached hydrogens (tertiary/aromatic N) is 2. The van der Waals surface area contributed by atoms with E-state index < -0.39 is 17.3 Å². The molecule has 0 bridgehead atoms. The van der Waals surface area contributed by atoms with Gasteiger partial charge in [-0.3, -0.25) is 9.97 Å². The van der Waals surface area contributed by atoms with E-state index >= 15 is 0 Å². The number of alkyl halides is 3. The Balaban J connectivity index is 1.55. The average molecular weight is 386 g/mol. The highest BCUT2D eigenvalue weighted by Gasteiger charge is 2.47. The van der Waals surface area contributed by atoms with Crippen LogP contribution in [0.5, 0.6) is 11.5 Å². The quantitative estimate of drug-likeness (QED) is 0.675. The molecule has 0 amide bonds. The number of rotatable bonds is 5. The second-order valence-electron chi connectivity index (χ2n) is 6.79. The zero-order valence-corrected chi connectivity index (χ0v) is 14.7. The van der Waals surface area contributed by atoms with E-state index in [1.807, 2.05) is 6.07 Å². The number of aromatic nitrogens is 2. The Morgan fingerprint density at radius 2 is 1.61 bits per heavy atom. The fourth-order valence-electron chi connectivity index (χ4n) is 3.20. The minimum Gasteiger partial charge on any atom is -0.456 e. The van der Waals surface area contributed by atoms with Gasteiger partial charge in [-0.05, 0) is 61.2 Å². The third-order valence-corrected chi connectivity index (χ3v) is 4.81. The van der Waals surface area contributed by atoms with Gasteiger partial charge in [-0.25, -0.2) is 0 Å². The molecular formula is C21H17F3N2O2. The molecule has 1 aliphatic rings. The third kappa shape index (κ3) is 3.57. The number of pyridine rings is 2. The van der Waals surface area contributed by atoms with Crippen molar-refractivity contribution >= 4 is 0 Å². The van der Waals surface area contributed by atoms with Gasteiger partial charge < -0.3 is 9.84 Å². The number of ether oxygens (including phenoxy) is 1. The molecule has 144 valence electrons. The Labute approximate surface area is 159 Å². The van der Waals surface area contributed by atoms with Crippen molar-refractivity contribution in [1.82, 2.24) is 9.97 Å². The molecule has 0 aliphatic heterocycles. The summed E-state index contributed by atoms with van der Waals surface area (Å²) in [6, 6.07) is 11.3. The summed E-state index contributed by atoms with van der Waals surface area (Å²) in [6.45, 7) is 0. The largest absolute Gasteiger partial charge is 0.456 e. The Kier molecular flexibility index (Phi) is 4.55. The van der Waals surface area contributed by atoms with Gasteiger partial charge >= 0.3 is 6.18 Å². The fraction of sp³-hybridized carbons (Fsp3) is 0.238. The fourth-order valence-corrected chi connectivity index (χ4v) is 3.20. The van der Waals surface area contributed by atoms with Crippen molar-refractivity contribution in [2.45, 2.75) is 24.6 Å². The second-order valence-corrected chi connectivity index (χ2v) is 6.79. The van der Waals surface area contributed by atoms with Crippen molar-refractivity contribution in [2.75, 3.05) is 0 Å². The molecule has 4 rings (SSSR count). The van der Waals surface area contributed by atoms with Gasteiger partial charge in [0.1, 0.15) is 17.1 Å². The van der Waals surface area contributed by atoms with Gasteiger partial charge in [-0.1, -0.05) is 6.07 Å². The first-order chi connectivity index (χ1) is 13.4. The Morgan fingerprint density at radius 3 is 2.14 bits per heavy atom. The van der Waals surface area contributed by atoms with Gasteiger partial charge in [-0.2, -0.15) is 13.2 Å². The van der Waals surface area contributed by atoms with Crippen molar-refractivity contribution in [1.29, 1.82) is 0 Å². The molecule has 1 N–H and O–H groups in total. The second kappa shape index (κ2) is 6.91. The minimum atomic E-state index is -4.39. The summed E-state index contributed by atoms with van der Waals surface area (Å²) in [4.78, 5) is 8.45. The average Bonchev–Trinajstić information content (AvgIpc) is 3.54. The van der Waals surface area contributed by atoms with Crippen molar-refractivity contribution in [3.63, 3.8) is 0 Å². The highest BCUT2D eigenvalue weighted by molar-refractivity contribution is 5.37. The first kappa shape index (κ1) is 18.4. The van der Waals surface area contributed by atoms with Crippen LogP contribution in [0.4, 0.5) is 13.2 Å². The molecule has 0 spiro atoms. The van der Waals surface area contributed by atoms with Gasteiger partial charge in [0, 0.05) is 18.0 Å². The van der Waals surface area contributed by atoms with Crippen molar-refractivity contribution in [2.24, 2.45) is 5.92 Å². The van der Waals surface area contributed by atoms with Crippen LogP contribution in [0.25, 0.3) is 0 Å². The summed E-state index contributed by atoms with van der Waals surface area (Å²) in [6.07, 6.45) is 2.14. The normalized spacial score (nSPS) is 16.4. The first-order valence-corrected chi connectivity index (χ1v) is 8.82. The molecule has 2 heterocycles. The minimum absolute atomic E-state index is 0.0749. The van der Waals surface area contributed by atoms with Crippen molar-refractivity contribution in [3.8, 4) is 11.5 Å². The molecule has 4 nitrogen and oxygen atoms in total. The standard InChI is InChI=1S/C21H17F3N2O2/c22-21(23,24)15-5-7-17(8-6-15)28-18-9-10-19(26-13-18)20(27,14-3-4-14)16-2-1-11-25-12-16/h1-2,5-14,27H,3-4H2. The molecule has 28 heavy (non-hydrogen) atoms. The van der Waals surface area contributed by atoms with E-state index in [4.69, 9.17) is 4.74 Å². The van der Waals surface area contributed by atoms with Gasteiger partial charge in [0.05, 0.1) is 17.5 Å². The van der Waals surface area contributed by atoms with E-state index in [1.54, 1.807) is 30.6 Å². The lowest BCUT2D eigenvalue weighted by Crippen LogP contribution is -2.31. The molecule has 7 heteroatoms. The van der Waals surface area contributed by atoms with Crippen LogP contribution in [0, 0.1) is 5.92 Å². The van der Waals surface area contributed by atoms with Crippen LogP contribution in [-0.4, -0.2) is 15.1 Å². The number of hydrogen-bond donors (Lipinski definition) is 1. The summed E-state index contributed by atoms with van der Waals surface area (Å²) in [5, 5.41) is 11.3. The van der Waals surface area contributed by atoms with Crippen LogP contribution < -0.4 is 4.74 Å². The van der Waals surface area contributed by atoms with Crippen molar-refractivity contribution < 1.29 is 23.0 Å². The van der Waals surface area contributed by atoms with Gasteiger partial charge in [0.15, 0.2) is 0 Å². The summed E-state index contributed by atoms with van der Waals surface area (Å²) >= 11 is 0. The highest BCUT2D eigenvalue weighted by atomic mass is 19.4. The lowest BCUT2D eigenvalue weighted by molar-refractivity contribution is -0.137. The van der Waals surface area contributed by atoms with Crippen LogP contribution >= 0.6 is 0 Å². The lowest BCUT2D eigenvalue weighted by Gasteiger charge is -2.28. The van der Waals surface area contributed by atoms with E-state index in [0.29, 0.717) is 17.0 Å². The maximum Gasteiger partial charge on any atom is 0.416 e. The molecule has 1 fully saturated rings. The van der Waals surface area contributed by atoms with Crippen LogP contribution in [0.1, 0.15) is 29.7 Å². The van der Waals surface area contributed by atoms with E-state index in [1.165, 1.54) is 18.3 Å². The molecule has 0 saturated heterocycles. The molecule has 1 saturated carbocycles. The predicted octanol–water partition coefficient (Wildman–Crippen LogP) is 4.93. The van der Waals surface area contributed by atoms with Crippen LogP contribution in [-0.2, 0) is 11.8 Å². The first-order valence-electron chi connectivity index (χ1n) is 8.82. The molecule has 2 aromatic heterocycles. The monoisotopic (exact) mass is 386 g/mol. The predicted molar refractivity (Wildman–Crippen MR) is 95.7 cm³/mol. The van der Waals surface area contributed by atoms with Crippen molar-refractivity contribution in [3.05, 3.63) is 83.9 Å². The Bertz CT molecular complexity index is 940. The summed E-state index contributed by atoms with van der Waals surface area (Å²) in [5.41, 5.74) is -0.787. The van der Waals surface area contributed by atoms with E-state index in [2.05, 4.69) is 9.97 Å². The Hall–Kier alpha value is -2.93. The van der Waals surface area contributed by atoms with Gasteiger partial charge in [-0.15, -0.1) is 0 Å². The summed E-state index contributed by atoms with van der Waals surface area (Å²) < 4.78 is 43.5. The van der Waals surface area contributed by atoms with E-state index in [9.17, 15) is 18.3 Å². The van der Waals surface area contributed by atoms with Crippen LogP contribution in [0.15, 0.2) is 67.1 Å². The lowest BCUT2D eigenvalue weighted by atomic mass is 9.86. The molecule has 1 unspecified atom stereocenters. The number of benzene rings is 1. The topological polar surface area (TPSA) is 55.2 Å². The number of hydrogen-bond acceptors (Lipinski definition) is 4. The SMILES string of the molecule is OC(c1cccnc1)(c1ccc(Oc2ccc(C(F)(F)F)cc2)cn1)C1CC1. The molecule has 0 radical (unpaired) electrons. The molecule has 1 aliphatic carbocycles. The highest BCUT2D eigenvalue weighted by Crippen LogP contribution is 2.49. The van der Waals surface area contributed by atoms with Crippen LogP contribution in [0.2, 0.25) is 0 Å². The molecule has 1 aromatic carbocycles. The number of aliphatic hydroxyl groups is 1. The molecular weight excluding hydrogens is 369 g/mol. The zero-order chi connectivity index (χ0) is 19.8. The van der Waals surface area contributed by atoms with Gasteiger partial charge in [0.2, 0.25) is 0 Å². The molecule has 3 aromatic rings. The van der Waals surface area contributed by atoms with E-state index in [-0.39, 0.29) is 11.7 Å². The third-order valence-electron chi connectivity index (χ3n) is 4.81. The summed E-state index contributed by atoms with van der Waals surface area (Å²) in [5.74, 6) is 0.714. The summed E-state index contributed by atoms with van der Waals surface area (Å²) in [7, 11) is 0. The van der Waals surface area contributed by atoms with Gasteiger partial charge in [0.25, 0.3) is 0 Å². The smallest absolute Gasteiger partial charge is 0.416 e. The van der Waals surface area contributed by atoms with E-state index in [0.717, 1.165) is 25.0 Å².